The first kappa shape index (κ1) is 20.1. The van der Waals surface area contributed by atoms with Crippen LogP contribution < -0.4 is 15.4 Å². The number of esters is 2. The largest absolute Gasteiger partial charge is 0.452 e. The molecule has 2 aromatic carbocycles. The Kier molecular flexibility index (Phi) is 6.23. The maximum absolute atomic E-state index is 12.1. The Morgan fingerprint density at radius 3 is 2.07 bits per heavy atom. The summed E-state index contributed by atoms with van der Waals surface area (Å²) in [5.41, 5.74) is 2.01. The number of amides is 3. The van der Waals surface area contributed by atoms with Gasteiger partial charge in [0.05, 0.1) is 5.56 Å². The molecule has 8 heteroatoms. The Balaban J connectivity index is 1.51. The minimum absolute atomic E-state index is 0.127. The molecule has 0 radical (unpaired) electrons. The van der Waals surface area contributed by atoms with Gasteiger partial charge in [0.15, 0.2) is 6.61 Å². The van der Waals surface area contributed by atoms with Crippen LogP contribution in [-0.4, -0.2) is 36.5 Å². The molecule has 3 rings (SSSR count). The fourth-order valence-electron chi connectivity index (χ4n) is 2.51. The zero-order valence-electron chi connectivity index (χ0n) is 15.8. The number of urea groups is 1. The molecule has 1 aliphatic carbocycles. The first-order valence-corrected chi connectivity index (χ1v) is 9.07. The summed E-state index contributed by atoms with van der Waals surface area (Å²) in [6.07, 6.45) is 1.81. The predicted molar refractivity (Wildman–Crippen MR) is 103 cm³/mol. The van der Waals surface area contributed by atoms with Crippen LogP contribution in [0.25, 0.3) is 11.1 Å². The quantitative estimate of drug-likeness (QED) is 0.573. The fourth-order valence-corrected chi connectivity index (χ4v) is 2.51. The highest BCUT2D eigenvalue weighted by atomic mass is 16.5. The number of carbonyl (C=O) groups excluding carboxylic acids is 4. The molecule has 3 amide bonds. The fraction of sp³-hybridized carbons (Fsp3) is 0.238. The zero-order valence-corrected chi connectivity index (χ0v) is 15.8. The van der Waals surface area contributed by atoms with Crippen LogP contribution >= 0.6 is 0 Å². The molecule has 0 atom stereocenters. The molecular weight excluding hydrogens is 376 g/mol. The SMILES string of the molecule is CC(=O)Oc1ccc(-c2ccc(C(=O)OCC(=O)NC(=O)NC3CC3)cc2)cc1. The van der Waals surface area contributed by atoms with Gasteiger partial charge in [0, 0.05) is 13.0 Å². The number of ether oxygens (including phenoxy) is 2. The lowest BCUT2D eigenvalue weighted by Gasteiger charge is -2.08. The summed E-state index contributed by atoms with van der Waals surface area (Å²) in [6.45, 7) is 0.786. The van der Waals surface area contributed by atoms with Crippen LogP contribution in [0, 0.1) is 0 Å². The van der Waals surface area contributed by atoms with Crippen LogP contribution in [0.15, 0.2) is 48.5 Å². The normalized spacial score (nSPS) is 12.6. The number of nitrogens with one attached hydrogen (secondary N) is 2. The van der Waals surface area contributed by atoms with Gasteiger partial charge in [0.1, 0.15) is 5.75 Å². The highest BCUT2D eigenvalue weighted by Crippen LogP contribution is 2.23. The smallest absolute Gasteiger partial charge is 0.338 e. The number of carbonyl (C=O) groups is 4. The lowest BCUT2D eigenvalue weighted by atomic mass is 10.0. The number of hydrogen-bond acceptors (Lipinski definition) is 6. The van der Waals surface area contributed by atoms with Crippen molar-refractivity contribution >= 4 is 23.9 Å². The van der Waals surface area contributed by atoms with Gasteiger partial charge < -0.3 is 14.8 Å². The maximum Gasteiger partial charge on any atom is 0.338 e. The van der Waals surface area contributed by atoms with Crippen molar-refractivity contribution < 1.29 is 28.7 Å². The van der Waals surface area contributed by atoms with E-state index in [-0.39, 0.29) is 11.6 Å². The summed E-state index contributed by atoms with van der Waals surface area (Å²) in [4.78, 5) is 46.1. The van der Waals surface area contributed by atoms with Gasteiger partial charge in [-0.2, -0.15) is 0 Å². The van der Waals surface area contributed by atoms with Gasteiger partial charge in [0.25, 0.3) is 5.91 Å². The van der Waals surface area contributed by atoms with Crippen molar-refractivity contribution in [1.82, 2.24) is 10.6 Å². The summed E-state index contributed by atoms with van der Waals surface area (Å²) >= 11 is 0. The lowest BCUT2D eigenvalue weighted by Crippen LogP contribution is -2.42. The highest BCUT2D eigenvalue weighted by Gasteiger charge is 2.24. The summed E-state index contributed by atoms with van der Waals surface area (Å²) < 4.78 is 9.92. The molecule has 0 aliphatic heterocycles. The third-order valence-electron chi connectivity index (χ3n) is 4.07. The maximum atomic E-state index is 12.1. The van der Waals surface area contributed by atoms with Crippen LogP contribution in [0.1, 0.15) is 30.1 Å². The van der Waals surface area contributed by atoms with Crippen LogP contribution in [-0.2, 0) is 14.3 Å². The predicted octanol–water partition coefficient (Wildman–Crippen LogP) is 2.42. The monoisotopic (exact) mass is 396 g/mol. The summed E-state index contributed by atoms with van der Waals surface area (Å²) in [7, 11) is 0. The van der Waals surface area contributed by atoms with Crippen molar-refractivity contribution in [3.63, 3.8) is 0 Å². The van der Waals surface area contributed by atoms with Crippen LogP contribution in [0.2, 0.25) is 0 Å². The van der Waals surface area contributed by atoms with Gasteiger partial charge in [-0.05, 0) is 48.2 Å². The average Bonchev–Trinajstić information content (AvgIpc) is 3.50. The zero-order chi connectivity index (χ0) is 20.8. The van der Waals surface area contributed by atoms with E-state index in [0.29, 0.717) is 5.75 Å². The van der Waals surface area contributed by atoms with Gasteiger partial charge in [-0.1, -0.05) is 24.3 Å². The Labute approximate surface area is 167 Å². The van der Waals surface area contributed by atoms with E-state index in [4.69, 9.17) is 9.47 Å². The van der Waals surface area contributed by atoms with E-state index in [2.05, 4.69) is 10.6 Å². The van der Waals surface area contributed by atoms with Gasteiger partial charge in [-0.25, -0.2) is 9.59 Å². The summed E-state index contributed by atoms with van der Waals surface area (Å²) in [5.74, 6) is -1.30. The summed E-state index contributed by atoms with van der Waals surface area (Å²) in [5, 5.41) is 4.71. The molecule has 150 valence electrons. The molecular formula is C21H20N2O6. The molecule has 2 N–H and O–H groups in total. The van der Waals surface area contributed by atoms with Crippen LogP contribution in [0.4, 0.5) is 4.79 Å². The standard InChI is InChI=1S/C21H20N2O6/c1-13(24)29-18-10-6-15(7-11-18)14-2-4-16(5-3-14)20(26)28-12-19(25)23-21(27)22-17-8-9-17/h2-7,10-11,17H,8-9,12H2,1H3,(H2,22,23,25,27). The van der Waals surface area contributed by atoms with E-state index in [1.165, 1.54) is 6.92 Å². The Bertz CT molecular complexity index is 917. The third kappa shape index (κ3) is 6.17. The Hall–Kier alpha value is -3.68. The van der Waals surface area contributed by atoms with Gasteiger partial charge in [0.2, 0.25) is 0 Å². The first-order chi connectivity index (χ1) is 13.9. The minimum Gasteiger partial charge on any atom is -0.452 e. The second-order valence-electron chi connectivity index (χ2n) is 6.57. The second kappa shape index (κ2) is 9.01. The average molecular weight is 396 g/mol. The van der Waals surface area contributed by atoms with E-state index in [0.717, 1.165) is 24.0 Å². The number of imide groups is 1. The van der Waals surface area contributed by atoms with Crippen molar-refractivity contribution in [1.29, 1.82) is 0 Å². The molecule has 0 bridgehead atoms. The van der Waals surface area contributed by atoms with Crippen molar-refractivity contribution in [3.8, 4) is 16.9 Å². The molecule has 2 aromatic rings. The number of hydrogen-bond donors (Lipinski definition) is 2. The lowest BCUT2D eigenvalue weighted by molar-refractivity contribution is -0.131. The molecule has 0 saturated heterocycles. The Morgan fingerprint density at radius 1 is 0.931 bits per heavy atom. The first-order valence-electron chi connectivity index (χ1n) is 9.07. The molecule has 0 heterocycles. The number of benzene rings is 2. The van der Waals surface area contributed by atoms with Crippen molar-refractivity contribution in [2.24, 2.45) is 0 Å². The summed E-state index contributed by atoms with van der Waals surface area (Å²) in [6, 6.07) is 13.1. The van der Waals surface area contributed by atoms with Crippen LogP contribution in [0.3, 0.4) is 0 Å². The molecule has 8 nitrogen and oxygen atoms in total. The molecule has 1 fully saturated rings. The van der Waals surface area contributed by atoms with E-state index in [1.54, 1.807) is 48.5 Å². The van der Waals surface area contributed by atoms with E-state index in [1.807, 2.05) is 0 Å². The highest BCUT2D eigenvalue weighted by molar-refractivity contribution is 5.97. The van der Waals surface area contributed by atoms with Crippen LogP contribution in [0.5, 0.6) is 5.75 Å². The molecule has 1 aliphatic rings. The van der Waals surface area contributed by atoms with Crippen molar-refractivity contribution in [3.05, 3.63) is 54.1 Å². The molecule has 29 heavy (non-hydrogen) atoms. The van der Waals surface area contributed by atoms with Gasteiger partial charge >= 0.3 is 18.0 Å². The van der Waals surface area contributed by atoms with Crippen molar-refractivity contribution in [2.45, 2.75) is 25.8 Å². The Morgan fingerprint density at radius 2 is 1.52 bits per heavy atom. The van der Waals surface area contributed by atoms with Gasteiger partial charge in [-0.15, -0.1) is 0 Å². The van der Waals surface area contributed by atoms with Gasteiger partial charge in [-0.3, -0.25) is 14.9 Å². The molecule has 0 aromatic heterocycles. The third-order valence-corrected chi connectivity index (χ3v) is 4.07. The van der Waals surface area contributed by atoms with E-state index >= 15 is 0 Å². The number of rotatable bonds is 6. The minimum atomic E-state index is -0.694. The second-order valence-corrected chi connectivity index (χ2v) is 6.57. The molecule has 0 spiro atoms. The topological polar surface area (TPSA) is 111 Å². The van der Waals surface area contributed by atoms with E-state index in [9.17, 15) is 19.2 Å². The van der Waals surface area contributed by atoms with E-state index < -0.39 is 30.5 Å². The molecule has 0 unspecified atom stereocenters. The van der Waals surface area contributed by atoms with Crippen molar-refractivity contribution in [2.75, 3.05) is 6.61 Å². The molecule has 1 saturated carbocycles.